The van der Waals surface area contributed by atoms with E-state index in [2.05, 4.69) is 20.8 Å². The average Bonchev–Trinajstić information content (AvgIpc) is 2.45. The minimum absolute atomic E-state index is 0.472. The Balaban J connectivity index is 3.05. The lowest BCUT2D eigenvalue weighted by Gasteiger charge is -2.12. The first-order chi connectivity index (χ1) is 9.81. The van der Waals surface area contributed by atoms with Gasteiger partial charge in [0, 0.05) is 6.61 Å². The molecule has 0 aliphatic carbocycles. The highest BCUT2D eigenvalue weighted by molar-refractivity contribution is 4.52. The summed E-state index contributed by atoms with van der Waals surface area (Å²) in [6.45, 7) is 7.75. The lowest BCUT2D eigenvalue weighted by Crippen LogP contribution is -2.09. The molecule has 1 heteroatoms. The minimum Gasteiger partial charge on any atom is -0.379 e. The Kier molecular flexibility index (Phi) is 17.0. The molecule has 0 heterocycles. The van der Waals surface area contributed by atoms with Crippen LogP contribution in [0, 0.1) is 0 Å². The monoisotopic (exact) mass is 284 g/mol. The molecule has 20 heavy (non-hydrogen) atoms. The van der Waals surface area contributed by atoms with Crippen molar-refractivity contribution in [1.82, 2.24) is 0 Å². The van der Waals surface area contributed by atoms with Crippen molar-refractivity contribution in [2.24, 2.45) is 0 Å². The topological polar surface area (TPSA) is 9.23 Å². The van der Waals surface area contributed by atoms with Gasteiger partial charge in [-0.15, -0.1) is 0 Å². The van der Waals surface area contributed by atoms with E-state index in [1.807, 2.05) is 0 Å². The molecule has 0 spiro atoms. The standard InChI is InChI=1S/C19H40O/c1-4-6-8-9-10-11-12-13-14-16-18-20-19(3)17-15-7-5-2/h19H,4-18H2,1-3H3. The maximum Gasteiger partial charge on any atom is 0.0547 e. The molecule has 0 aromatic rings. The van der Waals surface area contributed by atoms with E-state index in [0.717, 1.165) is 6.61 Å². The Morgan fingerprint density at radius 1 is 0.600 bits per heavy atom. The number of rotatable bonds is 16. The highest BCUT2D eigenvalue weighted by Gasteiger charge is 2.01. The van der Waals surface area contributed by atoms with Crippen LogP contribution in [0.25, 0.3) is 0 Å². The fraction of sp³-hybridized carbons (Fsp3) is 1.00. The Morgan fingerprint density at radius 2 is 1.05 bits per heavy atom. The zero-order chi connectivity index (χ0) is 14.9. The van der Waals surface area contributed by atoms with Crippen LogP contribution in [0.15, 0.2) is 0 Å². The van der Waals surface area contributed by atoms with E-state index < -0.39 is 0 Å². The Morgan fingerprint density at radius 3 is 1.60 bits per heavy atom. The Hall–Kier alpha value is -0.0400. The molecule has 1 nitrogen and oxygen atoms in total. The largest absolute Gasteiger partial charge is 0.379 e. The van der Waals surface area contributed by atoms with Crippen LogP contribution in [0.4, 0.5) is 0 Å². The first kappa shape index (κ1) is 20.0. The van der Waals surface area contributed by atoms with Gasteiger partial charge >= 0.3 is 0 Å². The number of unbranched alkanes of at least 4 members (excludes halogenated alkanes) is 11. The lowest BCUT2D eigenvalue weighted by molar-refractivity contribution is 0.0558. The third kappa shape index (κ3) is 16.0. The molecule has 0 fully saturated rings. The van der Waals surface area contributed by atoms with E-state index in [9.17, 15) is 0 Å². The van der Waals surface area contributed by atoms with Crippen molar-refractivity contribution in [3.63, 3.8) is 0 Å². The van der Waals surface area contributed by atoms with Gasteiger partial charge in [-0.25, -0.2) is 0 Å². The van der Waals surface area contributed by atoms with Gasteiger partial charge in [-0.2, -0.15) is 0 Å². The molecule has 0 aromatic heterocycles. The zero-order valence-electron chi connectivity index (χ0n) is 14.6. The molecule has 1 unspecified atom stereocenters. The summed E-state index contributed by atoms with van der Waals surface area (Å²) in [6, 6.07) is 0. The minimum atomic E-state index is 0.472. The van der Waals surface area contributed by atoms with Gasteiger partial charge in [-0.05, 0) is 19.8 Å². The average molecular weight is 285 g/mol. The van der Waals surface area contributed by atoms with Crippen LogP contribution >= 0.6 is 0 Å². The molecule has 0 aliphatic rings. The van der Waals surface area contributed by atoms with Gasteiger partial charge in [0.1, 0.15) is 0 Å². The van der Waals surface area contributed by atoms with Gasteiger partial charge in [0.05, 0.1) is 6.10 Å². The molecule has 1 atom stereocenters. The summed E-state index contributed by atoms with van der Waals surface area (Å²) in [5, 5.41) is 0. The number of ether oxygens (including phenoxy) is 1. The molecule has 0 saturated carbocycles. The lowest BCUT2D eigenvalue weighted by atomic mass is 10.1. The van der Waals surface area contributed by atoms with Crippen molar-refractivity contribution < 1.29 is 4.74 Å². The highest BCUT2D eigenvalue weighted by Crippen LogP contribution is 2.11. The van der Waals surface area contributed by atoms with Crippen molar-refractivity contribution in [1.29, 1.82) is 0 Å². The Bertz CT molecular complexity index is 167. The van der Waals surface area contributed by atoms with E-state index >= 15 is 0 Å². The fourth-order valence-electron chi connectivity index (χ4n) is 2.64. The zero-order valence-corrected chi connectivity index (χ0v) is 14.6. The fourth-order valence-corrected chi connectivity index (χ4v) is 2.64. The van der Waals surface area contributed by atoms with E-state index in [-0.39, 0.29) is 0 Å². The second kappa shape index (κ2) is 17.0. The molecular weight excluding hydrogens is 244 g/mol. The SMILES string of the molecule is CCCCCCCCCCCCOC(C)CCCCC. The molecule has 0 aliphatic heterocycles. The van der Waals surface area contributed by atoms with Crippen molar-refractivity contribution >= 4 is 0 Å². The third-order valence-corrected chi connectivity index (χ3v) is 4.11. The smallest absolute Gasteiger partial charge is 0.0547 e. The predicted molar refractivity (Wildman–Crippen MR) is 91.4 cm³/mol. The summed E-state index contributed by atoms with van der Waals surface area (Å²) >= 11 is 0. The van der Waals surface area contributed by atoms with Gasteiger partial charge in [0.25, 0.3) is 0 Å². The van der Waals surface area contributed by atoms with Crippen molar-refractivity contribution in [3.8, 4) is 0 Å². The summed E-state index contributed by atoms with van der Waals surface area (Å²) in [4.78, 5) is 0. The van der Waals surface area contributed by atoms with Crippen LogP contribution in [0.5, 0.6) is 0 Å². The van der Waals surface area contributed by atoms with Gasteiger partial charge in [-0.3, -0.25) is 0 Å². The van der Waals surface area contributed by atoms with Crippen molar-refractivity contribution in [2.45, 2.75) is 117 Å². The number of hydrogen-bond donors (Lipinski definition) is 0. The molecule has 0 bridgehead atoms. The van der Waals surface area contributed by atoms with Crippen LogP contribution < -0.4 is 0 Å². The predicted octanol–water partition coefficient (Wildman–Crippen LogP) is 6.89. The molecule has 0 rings (SSSR count). The first-order valence-electron chi connectivity index (χ1n) is 9.42. The van der Waals surface area contributed by atoms with Crippen molar-refractivity contribution in [3.05, 3.63) is 0 Å². The molecule has 0 amide bonds. The quantitative estimate of drug-likeness (QED) is 0.280. The Labute approximate surface area is 128 Å². The molecule has 0 saturated heterocycles. The first-order valence-corrected chi connectivity index (χ1v) is 9.42. The van der Waals surface area contributed by atoms with E-state index in [0.29, 0.717) is 6.10 Å². The molecule has 0 aromatic carbocycles. The summed E-state index contributed by atoms with van der Waals surface area (Å²) in [7, 11) is 0. The summed E-state index contributed by atoms with van der Waals surface area (Å²) < 4.78 is 5.86. The van der Waals surface area contributed by atoms with E-state index in [1.54, 1.807) is 0 Å². The van der Waals surface area contributed by atoms with Crippen molar-refractivity contribution in [2.75, 3.05) is 6.61 Å². The number of hydrogen-bond acceptors (Lipinski definition) is 1. The molecule has 122 valence electrons. The normalized spacial score (nSPS) is 12.8. The van der Waals surface area contributed by atoms with Crippen LogP contribution in [-0.2, 0) is 4.74 Å². The van der Waals surface area contributed by atoms with Crippen LogP contribution in [0.2, 0.25) is 0 Å². The second-order valence-corrected chi connectivity index (χ2v) is 6.36. The maximum absolute atomic E-state index is 5.86. The van der Waals surface area contributed by atoms with Crippen LogP contribution in [-0.4, -0.2) is 12.7 Å². The van der Waals surface area contributed by atoms with Gasteiger partial charge < -0.3 is 4.74 Å². The summed E-state index contributed by atoms with van der Waals surface area (Å²) in [5.74, 6) is 0. The van der Waals surface area contributed by atoms with Gasteiger partial charge in [-0.1, -0.05) is 90.9 Å². The third-order valence-electron chi connectivity index (χ3n) is 4.11. The maximum atomic E-state index is 5.86. The second-order valence-electron chi connectivity index (χ2n) is 6.36. The molecule has 0 N–H and O–H groups in total. The molecular formula is C19H40O. The molecule has 0 radical (unpaired) electrons. The van der Waals surface area contributed by atoms with E-state index in [4.69, 9.17) is 4.74 Å². The van der Waals surface area contributed by atoms with Gasteiger partial charge in [0.2, 0.25) is 0 Å². The summed E-state index contributed by atoms with van der Waals surface area (Å²) in [5.41, 5.74) is 0. The van der Waals surface area contributed by atoms with Crippen LogP contribution in [0.1, 0.15) is 111 Å². The highest BCUT2D eigenvalue weighted by atomic mass is 16.5. The van der Waals surface area contributed by atoms with E-state index in [1.165, 1.54) is 89.9 Å². The van der Waals surface area contributed by atoms with Gasteiger partial charge in [0.15, 0.2) is 0 Å². The summed E-state index contributed by atoms with van der Waals surface area (Å²) in [6.07, 6.45) is 19.7. The van der Waals surface area contributed by atoms with Crippen LogP contribution in [0.3, 0.4) is 0 Å².